The summed E-state index contributed by atoms with van der Waals surface area (Å²) < 4.78 is 0. The van der Waals surface area contributed by atoms with Crippen LogP contribution in [0.4, 0.5) is 34.1 Å². The van der Waals surface area contributed by atoms with Crippen molar-refractivity contribution in [2.45, 2.75) is 6.92 Å². The fourth-order valence-corrected chi connectivity index (χ4v) is 3.84. The van der Waals surface area contributed by atoms with Crippen molar-refractivity contribution in [3.05, 3.63) is 109 Å². The van der Waals surface area contributed by atoms with Gasteiger partial charge < -0.3 is 9.80 Å². The van der Waals surface area contributed by atoms with Crippen LogP contribution in [-0.4, -0.2) is 0 Å². The Morgan fingerprint density at radius 1 is 0.444 bits per heavy atom. The number of anilines is 6. The lowest BCUT2D eigenvalue weighted by molar-refractivity contribution is 1.17. The summed E-state index contributed by atoms with van der Waals surface area (Å²) in [6, 6.07) is 36.5. The summed E-state index contributed by atoms with van der Waals surface area (Å²) in [4.78, 5) is 4.70. The van der Waals surface area contributed by atoms with E-state index in [1.165, 1.54) is 39.7 Å². The minimum atomic E-state index is 1.17. The summed E-state index contributed by atoms with van der Waals surface area (Å²) in [6.45, 7) is 2.14. The fraction of sp³-hybridized carbons (Fsp3) is 0.0400. The van der Waals surface area contributed by atoms with Crippen LogP contribution in [0.3, 0.4) is 0 Å². The largest absolute Gasteiger partial charge is 0.306 e. The highest BCUT2D eigenvalue weighted by molar-refractivity contribution is 6.01. The molecule has 27 heavy (non-hydrogen) atoms. The van der Waals surface area contributed by atoms with Gasteiger partial charge in [0.05, 0.1) is 22.7 Å². The number of rotatable bonds is 2. The Labute approximate surface area is 159 Å². The molecular formula is C25H20N2. The van der Waals surface area contributed by atoms with Gasteiger partial charge in [-0.2, -0.15) is 0 Å². The molecule has 1 aliphatic heterocycles. The van der Waals surface area contributed by atoms with Gasteiger partial charge in [0.25, 0.3) is 0 Å². The molecule has 0 fully saturated rings. The highest BCUT2D eigenvalue weighted by atomic mass is 15.3. The van der Waals surface area contributed by atoms with Crippen molar-refractivity contribution < 1.29 is 0 Å². The second-order valence-electron chi connectivity index (χ2n) is 6.82. The molecule has 0 bridgehead atoms. The summed E-state index contributed by atoms with van der Waals surface area (Å²) in [5.41, 5.74) is 8.35. The van der Waals surface area contributed by atoms with E-state index in [2.05, 4.69) is 120 Å². The molecule has 1 heterocycles. The maximum atomic E-state index is 2.36. The molecule has 0 spiro atoms. The Bertz CT molecular complexity index is 1050. The molecule has 0 N–H and O–H groups in total. The lowest BCUT2D eigenvalue weighted by atomic mass is 10.0. The number of fused-ring (bicyclic) bond motifs is 2. The van der Waals surface area contributed by atoms with E-state index in [1.807, 2.05) is 0 Å². The molecular weight excluding hydrogens is 328 g/mol. The molecule has 2 nitrogen and oxygen atoms in total. The van der Waals surface area contributed by atoms with Crippen LogP contribution in [0, 0.1) is 6.92 Å². The second-order valence-corrected chi connectivity index (χ2v) is 6.82. The number of hydrogen-bond donors (Lipinski definition) is 0. The topological polar surface area (TPSA) is 6.48 Å². The summed E-state index contributed by atoms with van der Waals surface area (Å²) in [5, 5.41) is 0. The number of benzene rings is 4. The van der Waals surface area contributed by atoms with Gasteiger partial charge in [0.2, 0.25) is 0 Å². The molecule has 4 aromatic carbocycles. The molecule has 0 unspecified atom stereocenters. The molecule has 130 valence electrons. The van der Waals surface area contributed by atoms with Gasteiger partial charge in [0.15, 0.2) is 0 Å². The first kappa shape index (κ1) is 15.7. The molecule has 2 heteroatoms. The first-order valence-electron chi connectivity index (χ1n) is 9.23. The Balaban J connectivity index is 1.80. The lowest BCUT2D eigenvalue weighted by Gasteiger charge is -2.40. The zero-order valence-corrected chi connectivity index (χ0v) is 15.2. The minimum absolute atomic E-state index is 1.17. The van der Waals surface area contributed by atoms with Crippen LogP contribution in [0.5, 0.6) is 0 Å². The van der Waals surface area contributed by atoms with Crippen LogP contribution in [0.15, 0.2) is 103 Å². The molecule has 0 saturated carbocycles. The number of para-hydroxylation sites is 5. The van der Waals surface area contributed by atoms with E-state index < -0.39 is 0 Å². The zero-order valence-electron chi connectivity index (χ0n) is 15.2. The van der Waals surface area contributed by atoms with Gasteiger partial charge in [0.1, 0.15) is 0 Å². The Hall–Kier alpha value is -3.52. The highest BCUT2D eigenvalue weighted by Crippen LogP contribution is 2.53. The van der Waals surface area contributed by atoms with Crippen LogP contribution >= 0.6 is 0 Å². The van der Waals surface area contributed by atoms with Gasteiger partial charge in [-0.3, -0.25) is 0 Å². The Morgan fingerprint density at radius 2 is 0.889 bits per heavy atom. The third-order valence-corrected chi connectivity index (χ3v) is 5.00. The maximum absolute atomic E-state index is 2.36. The zero-order chi connectivity index (χ0) is 18.2. The number of hydrogen-bond acceptors (Lipinski definition) is 2. The summed E-state index contributed by atoms with van der Waals surface area (Å²) in [5.74, 6) is 0. The molecule has 5 rings (SSSR count). The standard InChI is InChI=1S/C25H20N2/c1-19-10-9-13-21(18-19)27-24-16-7-5-14-22(24)26(20-11-3-2-4-12-20)23-15-6-8-17-25(23)27/h2-18H,1H3. The van der Waals surface area contributed by atoms with Crippen molar-refractivity contribution in [3.63, 3.8) is 0 Å². The highest BCUT2D eigenvalue weighted by Gasteiger charge is 2.29. The SMILES string of the molecule is Cc1cccc(N2c3ccccc3N(c3ccccc3)c3ccccc32)c1. The molecule has 4 aromatic rings. The molecule has 0 saturated heterocycles. The van der Waals surface area contributed by atoms with E-state index in [-0.39, 0.29) is 0 Å². The van der Waals surface area contributed by atoms with Gasteiger partial charge in [-0.05, 0) is 61.0 Å². The molecule has 1 aliphatic rings. The third-order valence-electron chi connectivity index (χ3n) is 5.00. The minimum Gasteiger partial charge on any atom is -0.306 e. The van der Waals surface area contributed by atoms with E-state index in [0.717, 1.165) is 0 Å². The van der Waals surface area contributed by atoms with Crippen LogP contribution in [0.25, 0.3) is 0 Å². The van der Waals surface area contributed by atoms with Crippen molar-refractivity contribution in [3.8, 4) is 0 Å². The first-order chi connectivity index (χ1) is 13.3. The summed E-state index contributed by atoms with van der Waals surface area (Å²) >= 11 is 0. The van der Waals surface area contributed by atoms with Crippen LogP contribution in [0.2, 0.25) is 0 Å². The predicted octanol–water partition coefficient (Wildman–Crippen LogP) is 7.25. The summed E-state index contributed by atoms with van der Waals surface area (Å²) in [7, 11) is 0. The Kier molecular flexibility index (Phi) is 3.68. The third kappa shape index (κ3) is 2.58. The first-order valence-corrected chi connectivity index (χ1v) is 9.23. The quantitative estimate of drug-likeness (QED) is 0.331. The molecule has 0 aliphatic carbocycles. The van der Waals surface area contributed by atoms with E-state index >= 15 is 0 Å². The van der Waals surface area contributed by atoms with Gasteiger partial charge in [-0.15, -0.1) is 0 Å². The monoisotopic (exact) mass is 348 g/mol. The average Bonchev–Trinajstić information content (AvgIpc) is 2.72. The molecule has 0 amide bonds. The normalized spacial score (nSPS) is 12.5. The molecule has 0 aromatic heterocycles. The summed E-state index contributed by atoms with van der Waals surface area (Å²) in [6.07, 6.45) is 0. The van der Waals surface area contributed by atoms with Crippen molar-refractivity contribution >= 4 is 34.1 Å². The van der Waals surface area contributed by atoms with E-state index in [0.29, 0.717) is 0 Å². The van der Waals surface area contributed by atoms with Crippen LogP contribution < -0.4 is 9.80 Å². The van der Waals surface area contributed by atoms with Gasteiger partial charge >= 0.3 is 0 Å². The fourth-order valence-electron chi connectivity index (χ4n) is 3.84. The smallest absolute Gasteiger partial charge is 0.0703 e. The van der Waals surface area contributed by atoms with Gasteiger partial charge in [-0.25, -0.2) is 0 Å². The average molecular weight is 348 g/mol. The van der Waals surface area contributed by atoms with E-state index in [4.69, 9.17) is 0 Å². The number of nitrogens with zero attached hydrogens (tertiary/aromatic N) is 2. The lowest BCUT2D eigenvalue weighted by Crippen LogP contribution is -2.23. The van der Waals surface area contributed by atoms with Crippen molar-refractivity contribution in [2.75, 3.05) is 9.80 Å². The van der Waals surface area contributed by atoms with Gasteiger partial charge in [0, 0.05) is 11.4 Å². The van der Waals surface area contributed by atoms with Crippen molar-refractivity contribution in [1.82, 2.24) is 0 Å². The van der Waals surface area contributed by atoms with E-state index in [9.17, 15) is 0 Å². The Morgan fingerprint density at radius 3 is 1.41 bits per heavy atom. The molecule has 0 atom stereocenters. The van der Waals surface area contributed by atoms with Gasteiger partial charge in [-0.1, -0.05) is 54.6 Å². The van der Waals surface area contributed by atoms with E-state index in [1.54, 1.807) is 0 Å². The van der Waals surface area contributed by atoms with Crippen LogP contribution in [-0.2, 0) is 0 Å². The maximum Gasteiger partial charge on any atom is 0.0703 e. The second kappa shape index (κ2) is 6.33. The molecule has 0 radical (unpaired) electrons. The van der Waals surface area contributed by atoms with Crippen molar-refractivity contribution in [2.24, 2.45) is 0 Å². The van der Waals surface area contributed by atoms with Crippen molar-refractivity contribution in [1.29, 1.82) is 0 Å². The van der Waals surface area contributed by atoms with Crippen LogP contribution in [0.1, 0.15) is 5.56 Å². The predicted molar refractivity (Wildman–Crippen MR) is 114 cm³/mol. The number of aryl methyl sites for hydroxylation is 1.